The minimum absolute atomic E-state index is 0.181. The van der Waals surface area contributed by atoms with Gasteiger partial charge in [0.2, 0.25) is 0 Å². The Hall–Kier alpha value is -2.28. The van der Waals surface area contributed by atoms with E-state index in [0.717, 1.165) is 37.2 Å². The number of rotatable bonds is 9. The van der Waals surface area contributed by atoms with E-state index in [0.29, 0.717) is 11.6 Å². The number of methoxy groups -OCH3 is 1. The van der Waals surface area contributed by atoms with E-state index in [1.807, 2.05) is 6.07 Å². The van der Waals surface area contributed by atoms with Crippen LogP contribution in [0.2, 0.25) is 0 Å². The quantitative estimate of drug-likeness (QED) is 0.719. The molecule has 1 N–H and O–H groups in total. The van der Waals surface area contributed by atoms with Crippen LogP contribution in [0.3, 0.4) is 0 Å². The molecule has 0 amide bonds. The predicted octanol–water partition coefficient (Wildman–Crippen LogP) is 3.83. The summed E-state index contributed by atoms with van der Waals surface area (Å²) in [5, 5.41) is 0. The summed E-state index contributed by atoms with van der Waals surface area (Å²) in [5.41, 5.74) is 1.75. The highest BCUT2D eigenvalue weighted by molar-refractivity contribution is 7.92. The van der Waals surface area contributed by atoms with E-state index < -0.39 is 10.0 Å². The molecule has 1 aromatic carbocycles. The number of benzene rings is 1. The van der Waals surface area contributed by atoms with Crippen molar-refractivity contribution < 1.29 is 13.2 Å². The lowest BCUT2D eigenvalue weighted by Crippen LogP contribution is -2.25. The number of hydrogen-bond donors (Lipinski definition) is 1. The first-order valence-corrected chi connectivity index (χ1v) is 10.3. The number of nitrogens with one attached hydrogen (secondary N) is 1. The van der Waals surface area contributed by atoms with Crippen LogP contribution >= 0.6 is 0 Å². The Morgan fingerprint density at radius 3 is 2.31 bits per heavy atom. The molecule has 0 spiro atoms. The fraction of sp³-hybridized carbons (Fsp3) is 0.421. The third-order valence-corrected chi connectivity index (χ3v) is 5.37. The zero-order chi connectivity index (χ0) is 19.2. The van der Waals surface area contributed by atoms with Crippen LogP contribution in [0.15, 0.2) is 41.4 Å². The van der Waals surface area contributed by atoms with Crippen LogP contribution in [-0.2, 0) is 10.0 Å². The van der Waals surface area contributed by atoms with Crippen molar-refractivity contribution in [3.63, 3.8) is 0 Å². The van der Waals surface area contributed by atoms with Crippen LogP contribution in [0.4, 0.5) is 11.5 Å². The molecule has 0 bridgehead atoms. The van der Waals surface area contributed by atoms with Crippen LogP contribution in [0.1, 0.15) is 32.3 Å². The third-order valence-electron chi connectivity index (χ3n) is 4.02. The summed E-state index contributed by atoms with van der Waals surface area (Å²) in [6, 6.07) is 8.34. The molecule has 26 heavy (non-hydrogen) atoms. The SMILES string of the molecule is CCCN(CCC)c1ccc(NS(=O)(=O)c2ccc(OC)c(C)c2)nc1. The van der Waals surface area contributed by atoms with E-state index in [9.17, 15) is 8.42 Å². The number of aryl methyl sites for hydroxylation is 1. The van der Waals surface area contributed by atoms with Crippen LogP contribution < -0.4 is 14.4 Å². The van der Waals surface area contributed by atoms with Crippen molar-refractivity contribution in [1.82, 2.24) is 4.98 Å². The normalized spacial score (nSPS) is 11.2. The summed E-state index contributed by atoms with van der Waals surface area (Å²) in [5.74, 6) is 0.952. The second-order valence-corrected chi connectivity index (χ2v) is 7.81. The summed E-state index contributed by atoms with van der Waals surface area (Å²) in [6.07, 6.45) is 3.80. The number of nitrogens with zero attached hydrogens (tertiary/aromatic N) is 2. The molecule has 0 radical (unpaired) electrons. The molecule has 1 aromatic heterocycles. The van der Waals surface area contributed by atoms with Crippen molar-refractivity contribution in [3.8, 4) is 5.75 Å². The molecule has 1 heterocycles. The Balaban J connectivity index is 2.18. The molecule has 0 aliphatic heterocycles. The first-order chi connectivity index (χ1) is 12.4. The van der Waals surface area contributed by atoms with E-state index >= 15 is 0 Å². The molecular weight excluding hydrogens is 350 g/mol. The average Bonchev–Trinajstić information content (AvgIpc) is 2.62. The van der Waals surface area contributed by atoms with Crippen molar-refractivity contribution in [2.45, 2.75) is 38.5 Å². The van der Waals surface area contributed by atoms with Gasteiger partial charge in [-0.25, -0.2) is 13.4 Å². The number of sulfonamides is 1. The van der Waals surface area contributed by atoms with Crippen LogP contribution in [0.5, 0.6) is 5.75 Å². The number of hydrogen-bond acceptors (Lipinski definition) is 5. The topological polar surface area (TPSA) is 71.5 Å². The molecule has 0 aliphatic rings. The average molecular weight is 378 g/mol. The standard InChI is InChI=1S/C19H27N3O3S/c1-5-11-22(12-6-2)16-7-10-19(20-14-16)21-26(23,24)17-8-9-18(25-4)15(3)13-17/h7-10,13-14H,5-6,11-12H2,1-4H3,(H,20,21). The maximum Gasteiger partial charge on any atom is 0.263 e. The van der Waals surface area contributed by atoms with Gasteiger partial charge in [-0.3, -0.25) is 4.72 Å². The zero-order valence-corrected chi connectivity index (χ0v) is 16.6. The van der Waals surface area contributed by atoms with E-state index in [-0.39, 0.29) is 4.90 Å². The Morgan fingerprint density at radius 1 is 1.12 bits per heavy atom. The molecule has 0 saturated heterocycles. The van der Waals surface area contributed by atoms with Crippen LogP contribution in [-0.4, -0.2) is 33.6 Å². The molecule has 2 rings (SSSR count). The highest BCUT2D eigenvalue weighted by atomic mass is 32.2. The molecule has 0 unspecified atom stereocenters. The van der Waals surface area contributed by atoms with E-state index in [1.54, 1.807) is 38.4 Å². The van der Waals surface area contributed by atoms with E-state index in [1.165, 1.54) is 6.07 Å². The minimum atomic E-state index is -3.70. The number of aromatic nitrogens is 1. The Kier molecular flexibility index (Phi) is 6.85. The first-order valence-electron chi connectivity index (χ1n) is 8.79. The molecular formula is C19H27N3O3S. The van der Waals surface area contributed by atoms with Gasteiger partial charge in [0.15, 0.2) is 0 Å². The van der Waals surface area contributed by atoms with Crippen molar-refractivity contribution in [3.05, 3.63) is 42.1 Å². The Morgan fingerprint density at radius 2 is 1.81 bits per heavy atom. The predicted molar refractivity (Wildman–Crippen MR) is 106 cm³/mol. The smallest absolute Gasteiger partial charge is 0.263 e. The second-order valence-electron chi connectivity index (χ2n) is 6.13. The van der Waals surface area contributed by atoms with Gasteiger partial charge in [0, 0.05) is 13.1 Å². The molecule has 7 heteroatoms. The fourth-order valence-electron chi connectivity index (χ4n) is 2.76. The molecule has 0 atom stereocenters. The van der Waals surface area contributed by atoms with Gasteiger partial charge in [0.1, 0.15) is 11.6 Å². The molecule has 6 nitrogen and oxygen atoms in total. The van der Waals surface area contributed by atoms with Crippen LogP contribution in [0, 0.1) is 6.92 Å². The number of ether oxygens (including phenoxy) is 1. The molecule has 2 aromatic rings. The maximum absolute atomic E-state index is 12.6. The van der Waals surface area contributed by atoms with Gasteiger partial charge in [-0.1, -0.05) is 13.8 Å². The lowest BCUT2D eigenvalue weighted by atomic mass is 10.2. The number of pyridine rings is 1. The summed E-state index contributed by atoms with van der Waals surface area (Å²) in [7, 11) is -2.14. The monoisotopic (exact) mass is 377 g/mol. The van der Waals surface area contributed by atoms with E-state index in [2.05, 4.69) is 28.5 Å². The Labute approximate surface area is 156 Å². The lowest BCUT2D eigenvalue weighted by Gasteiger charge is -2.23. The van der Waals surface area contributed by atoms with Gasteiger partial charge in [-0.05, 0) is 55.7 Å². The van der Waals surface area contributed by atoms with Crippen molar-refractivity contribution >= 4 is 21.5 Å². The largest absolute Gasteiger partial charge is 0.496 e. The Bertz CT molecular complexity index is 814. The van der Waals surface area contributed by atoms with Crippen molar-refractivity contribution in [2.24, 2.45) is 0 Å². The molecule has 0 saturated carbocycles. The first kappa shape index (κ1) is 20.0. The molecule has 0 aliphatic carbocycles. The fourth-order valence-corrected chi connectivity index (χ4v) is 3.85. The molecule has 142 valence electrons. The number of anilines is 2. The van der Waals surface area contributed by atoms with Crippen molar-refractivity contribution in [1.29, 1.82) is 0 Å². The van der Waals surface area contributed by atoms with Gasteiger partial charge in [-0.15, -0.1) is 0 Å². The lowest BCUT2D eigenvalue weighted by molar-refractivity contribution is 0.411. The summed E-state index contributed by atoms with van der Waals surface area (Å²) in [6.45, 7) is 7.98. The van der Waals surface area contributed by atoms with E-state index in [4.69, 9.17) is 4.74 Å². The maximum atomic E-state index is 12.6. The van der Waals surface area contributed by atoms with Crippen molar-refractivity contribution in [2.75, 3.05) is 29.8 Å². The zero-order valence-electron chi connectivity index (χ0n) is 15.8. The summed E-state index contributed by atoms with van der Waals surface area (Å²) >= 11 is 0. The highest BCUT2D eigenvalue weighted by Crippen LogP contribution is 2.23. The highest BCUT2D eigenvalue weighted by Gasteiger charge is 2.16. The summed E-state index contributed by atoms with van der Waals surface area (Å²) < 4.78 is 32.9. The van der Waals surface area contributed by atoms with Gasteiger partial charge in [0.05, 0.1) is 23.9 Å². The van der Waals surface area contributed by atoms with Crippen LogP contribution in [0.25, 0.3) is 0 Å². The minimum Gasteiger partial charge on any atom is -0.496 e. The van der Waals surface area contributed by atoms with Gasteiger partial charge in [0.25, 0.3) is 10.0 Å². The third kappa shape index (κ3) is 4.88. The van der Waals surface area contributed by atoms with Gasteiger partial charge < -0.3 is 9.64 Å². The van der Waals surface area contributed by atoms with Gasteiger partial charge >= 0.3 is 0 Å². The summed E-state index contributed by atoms with van der Waals surface area (Å²) in [4.78, 5) is 6.70. The molecule has 0 fully saturated rings. The second kappa shape index (κ2) is 8.89. The van der Waals surface area contributed by atoms with Gasteiger partial charge in [-0.2, -0.15) is 0 Å².